The van der Waals surface area contributed by atoms with Crippen LogP contribution in [0.25, 0.3) is 0 Å². The average molecular weight is 232 g/mol. The summed E-state index contributed by atoms with van der Waals surface area (Å²) in [5.41, 5.74) is 9.71. The van der Waals surface area contributed by atoms with E-state index in [4.69, 9.17) is 10.5 Å². The fraction of sp³-hybridized carbons (Fsp3) is 0.385. The second-order valence-electron chi connectivity index (χ2n) is 4.15. The predicted octanol–water partition coefficient (Wildman–Crippen LogP) is 1.35. The maximum Gasteiger partial charge on any atom is 0.252 e. The van der Waals surface area contributed by atoms with Crippen molar-refractivity contribution in [3.05, 3.63) is 28.3 Å². The molecule has 1 aliphatic heterocycles. The number of rotatable bonds is 2. The fourth-order valence-electron chi connectivity index (χ4n) is 2.38. The van der Waals surface area contributed by atoms with Crippen molar-refractivity contribution in [2.45, 2.75) is 26.7 Å². The van der Waals surface area contributed by atoms with E-state index in [-0.39, 0.29) is 5.91 Å². The van der Waals surface area contributed by atoms with Gasteiger partial charge in [-0.2, -0.15) is 4.99 Å². The van der Waals surface area contributed by atoms with Gasteiger partial charge >= 0.3 is 0 Å². The lowest BCUT2D eigenvalue weighted by atomic mass is 9.91. The molecule has 17 heavy (non-hydrogen) atoms. The Morgan fingerprint density at radius 2 is 2.24 bits per heavy atom. The van der Waals surface area contributed by atoms with Gasteiger partial charge in [-0.1, -0.05) is 13.0 Å². The number of fused-ring (bicyclic) bond motifs is 1. The summed E-state index contributed by atoms with van der Waals surface area (Å²) in [6.45, 7) is 4.01. The zero-order valence-electron chi connectivity index (χ0n) is 10.3. The van der Waals surface area contributed by atoms with Gasteiger partial charge in [0.2, 0.25) is 0 Å². The third kappa shape index (κ3) is 1.79. The molecule has 0 atom stereocenters. The molecule has 1 amide bonds. The molecule has 2 rings (SSSR count). The number of carbonyl (C=O) groups is 1. The quantitative estimate of drug-likeness (QED) is 0.837. The molecule has 2 N–H and O–H groups in total. The number of nitrogens with zero attached hydrogens (tertiary/aromatic N) is 1. The van der Waals surface area contributed by atoms with Crippen LogP contribution in [-0.4, -0.2) is 18.9 Å². The Bertz CT molecular complexity index is 519. The number of nitrogens with two attached hydrogens (primary N) is 1. The van der Waals surface area contributed by atoms with E-state index in [9.17, 15) is 4.79 Å². The molecule has 0 saturated heterocycles. The van der Waals surface area contributed by atoms with Crippen LogP contribution in [0.2, 0.25) is 0 Å². The molecule has 0 aliphatic carbocycles. The van der Waals surface area contributed by atoms with Gasteiger partial charge in [0.25, 0.3) is 5.91 Å². The van der Waals surface area contributed by atoms with Gasteiger partial charge in [0, 0.05) is 11.1 Å². The molecule has 0 bridgehead atoms. The number of amides is 1. The largest absolute Gasteiger partial charge is 0.496 e. The molecule has 0 radical (unpaired) electrons. The minimum absolute atomic E-state index is 0.179. The van der Waals surface area contributed by atoms with Gasteiger partial charge in [-0.05, 0) is 24.5 Å². The van der Waals surface area contributed by atoms with Crippen LogP contribution < -0.4 is 10.5 Å². The van der Waals surface area contributed by atoms with Gasteiger partial charge in [-0.25, -0.2) is 0 Å². The standard InChI is InChI=1S/C13H16N2O2/c1-4-8-5-9-6-10(16)15-13(14)11(9)7(2)12(8)17-3/h5H,4,6H2,1-3H3,(H2,14,15,16). The van der Waals surface area contributed by atoms with Crippen molar-refractivity contribution in [2.24, 2.45) is 10.7 Å². The molecule has 1 aromatic rings. The van der Waals surface area contributed by atoms with E-state index in [2.05, 4.69) is 11.9 Å². The summed E-state index contributed by atoms with van der Waals surface area (Å²) in [5, 5.41) is 0. The van der Waals surface area contributed by atoms with Crippen molar-refractivity contribution in [3.63, 3.8) is 0 Å². The van der Waals surface area contributed by atoms with Crippen molar-refractivity contribution in [3.8, 4) is 5.75 Å². The van der Waals surface area contributed by atoms with Crippen molar-refractivity contribution in [1.29, 1.82) is 0 Å². The van der Waals surface area contributed by atoms with Gasteiger partial charge in [0.1, 0.15) is 11.6 Å². The van der Waals surface area contributed by atoms with Crippen LogP contribution in [0.4, 0.5) is 0 Å². The number of aliphatic imine (C=N–C) groups is 1. The Kier molecular flexibility index (Phi) is 2.88. The molecule has 1 aromatic carbocycles. The SMILES string of the molecule is CCc1cc2c(c(C)c1OC)C(N)=NC(=O)C2. The second-order valence-corrected chi connectivity index (χ2v) is 4.15. The van der Waals surface area contributed by atoms with E-state index in [1.54, 1.807) is 7.11 Å². The molecule has 1 aliphatic rings. The maximum atomic E-state index is 11.4. The lowest BCUT2D eigenvalue weighted by Crippen LogP contribution is -2.25. The van der Waals surface area contributed by atoms with Crippen LogP contribution in [0.1, 0.15) is 29.2 Å². The molecular weight excluding hydrogens is 216 g/mol. The number of methoxy groups -OCH3 is 1. The number of hydrogen-bond donors (Lipinski definition) is 1. The van der Waals surface area contributed by atoms with Crippen molar-refractivity contribution in [2.75, 3.05) is 7.11 Å². The first-order valence-electron chi connectivity index (χ1n) is 5.65. The summed E-state index contributed by atoms with van der Waals surface area (Å²) in [5.74, 6) is 0.968. The molecule has 4 heteroatoms. The molecule has 1 heterocycles. The van der Waals surface area contributed by atoms with Crippen LogP contribution in [0.15, 0.2) is 11.1 Å². The third-order valence-electron chi connectivity index (χ3n) is 3.10. The first-order valence-corrected chi connectivity index (χ1v) is 5.65. The van der Waals surface area contributed by atoms with Crippen LogP contribution in [0, 0.1) is 6.92 Å². The molecule has 0 saturated carbocycles. The highest BCUT2D eigenvalue weighted by Crippen LogP contribution is 2.31. The van der Waals surface area contributed by atoms with Crippen molar-refractivity contribution >= 4 is 11.7 Å². The van der Waals surface area contributed by atoms with Crippen LogP contribution in [0.3, 0.4) is 0 Å². The van der Waals surface area contributed by atoms with Crippen molar-refractivity contribution < 1.29 is 9.53 Å². The summed E-state index contributed by atoms with van der Waals surface area (Å²) < 4.78 is 5.41. The molecule has 4 nitrogen and oxygen atoms in total. The molecule has 0 fully saturated rings. The third-order valence-corrected chi connectivity index (χ3v) is 3.10. The average Bonchev–Trinajstić information content (AvgIpc) is 2.27. The predicted molar refractivity (Wildman–Crippen MR) is 66.5 cm³/mol. The highest BCUT2D eigenvalue weighted by atomic mass is 16.5. The van der Waals surface area contributed by atoms with E-state index >= 15 is 0 Å². The topological polar surface area (TPSA) is 64.7 Å². The van der Waals surface area contributed by atoms with Crippen LogP contribution >= 0.6 is 0 Å². The first kappa shape index (κ1) is 11.6. The number of amidine groups is 1. The summed E-state index contributed by atoms with van der Waals surface area (Å²) in [7, 11) is 1.65. The maximum absolute atomic E-state index is 11.4. The van der Waals surface area contributed by atoms with Gasteiger partial charge in [0.05, 0.1) is 13.5 Å². The Morgan fingerprint density at radius 1 is 1.53 bits per heavy atom. The first-order chi connectivity index (χ1) is 8.08. The number of benzene rings is 1. The minimum Gasteiger partial charge on any atom is -0.496 e. The highest BCUT2D eigenvalue weighted by molar-refractivity contribution is 6.10. The summed E-state index contributed by atoms with van der Waals surface area (Å²) in [6.07, 6.45) is 1.19. The van der Waals surface area contributed by atoms with Gasteiger partial charge < -0.3 is 10.5 Å². The van der Waals surface area contributed by atoms with Crippen LogP contribution in [0.5, 0.6) is 5.75 Å². The second kappa shape index (κ2) is 4.20. The molecule has 0 unspecified atom stereocenters. The normalized spacial score (nSPS) is 14.3. The summed E-state index contributed by atoms with van der Waals surface area (Å²) >= 11 is 0. The lowest BCUT2D eigenvalue weighted by molar-refractivity contribution is -0.117. The zero-order valence-corrected chi connectivity index (χ0v) is 10.3. The highest BCUT2D eigenvalue weighted by Gasteiger charge is 2.23. The Hall–Kier alpha value is -1.84. The van der Waals surface area contributed by atoms with Gasteiger partial charge in [-0.15, -0.1) is 0 Å². The number of aryl methyl sites for hydroxylation is 1. The molecule has 90 valence electrons. The van der Waals surface area contributed by atoms with E-state index in [1.807, 2.05) is 13.0 Å². The lowest BCUT2D eigenvalue weighted by Gasteiger charge is -2.20. The van der Waals surface area contributed by atoms with Crippen LogP contribution in [-0.2, 0) is 17.6 Å². The number of hydrogen-bond acceptors (Lipinski definition) is 3. The molecular formula is C13H16N2O2. The molecule has 0 aromatic heterocycles. The van der Waals surface area contributed by atoms with E-state index in [0.29, 0.717) is 12.3 Å². The summed E-state index contributed by atoms with van der Waals surface area (Å²) in [4.78, 5) is 15.2. The summed E-state index contributed by atoms with van der Waals surface area (Å²) in [6, 6.07) is 2.00. The fourth-order valence-corrected chi connectivity index (χ4v) is 2.38. The zero-order chi connectivity index (χ0) is 12.6. The molecule has 0 spiro atoms. The van der Waals surface area contributed by atoms with Gasteiger partial charge in [-0.3, -0.25) is 4.79 Å². The number of ether oxygens (including phenoxy) is 1. The van der Waals surface area contributed by atoms with E-state index < -0.39 is 0 Å². The van der Waals surface area contributed by atoms with Gasteiger partial charge in [0.15, 0.2) is 0 Å². The Balaban J connectivity index is 2.71. The number of carbonyl (C=O) groups excluding carboxylic acids is 1. The van der Waals surface area contributed by atoms with E-state index in [0.717, 1.165) is 34.4 Å². The smallest absolute Gasteiger partial charge is 0.252 e. The van der Waals surface area contributed by atoms with Crippen molar-refractivity contribution in [1.82, 2.24) is 0 Å². The minimum atomic E-state index is -0.179. The Morgan fingerprint density at radius 3 is 2.82 bits per heavy atom. The Labute approximate surface area is 100 Å². The monoisotopic (exact) mass is 232 g/mol. The van der Waals surface area contributed by atoms with E-state index in [1.165, 1.54) is 0 Å².